The number of anilines is 1. The molecule has 3 aromatic carbocycles. The molecule has 4 heteroatoms. The van der Waals surface area contributed by atoms with Crippen LogP contribution < -0.4 is 4.90 Å². The van der Waals surface area contributed by atoms with Crippen molar-refractivity contribution in [3.63, 3.8) is 0 Å². The number of halogens is 1. The smallest absolute Gasteiger partial charge is 0.263 e. The predicted octanol–water partition coefficient (Wildman–Crippen LogP) is 7.80. The zero-order valence-corrected chi connectivity index (χ0v) is 20.0. The SMILES string of the molecule is Cc1ccc(N2C(=O)/C(=C/c3ccc(-c4ccc(Br)cc4)o3)C=C2c2ccccc2)c(C)c1. The highest BCUT2D eigenvalue weighted by molar-refractivity contribution is 9.10. The summed E-state index contributed by atoms with van der Waals surface area (Å²) < 4.78 is 7.07. The second-order valence-electron chi connectivity index (χ2n) is 8.13. The molecule has 0 spiro atoms. The first-order valence-corrected chi connectivity index (χ1v) is 11.6. The molecule has 0 radical (unpaired) electrons. The van der Waals surface area contributed by atoms with Crippen LogP contribution in [0.5, 0.6) is 0 Å². The van der Waals surface area contributed by atoms with Gasteiger partial charge < -0.3 is 4.42 Å². The van der Waals surface area contributed by atoms with Gasteiger partial charge in [-0.05, 0) is 67.5 Å². The van der Waals surface area contributed by atoms with Crippen LogP contribution in [-0.2, 0) is 4.79 Å². The van der Waals surface area contributed by atoms with E-state index in [1.165, 1.54) is 5.56 Å². The van der Waals surface area contributed by atoms with Crippen LogP contribution in [0.1, 0.15) is 22.5 Å². The standard InChI is InChI=1S/C29H22BrNO2/c1-19-8-14-26(20(2)16-19)31-27(21-6-4-3-5-7-21)18-23(29(31)32)17-25-13-15-28(33-25)22-9-11-24(30)12-10-22/h3-18H,1-2H3/b23-17+. The van der Waals surface area contributed by atoms with Crippen molar-refractivity contribution in [2.75, 3.05) is 4.90 Å². The van der Waals surface area contributed by atoms with Crippen LogP contribution in [0.15, 0.2) is 105 Å². The Morgan fingerprint density at radius 2 is 1.61 bits per heavy atom. The van der Waals surface area contributed by atoms with Gasteiger partial charge in [-0.15, -0.1) is 0 Å². The van der Waals surface area contributed by atoms with E-state index < -0.39 is 0 Å². The van der Waals surface area contributed by atoms with E-state index in [4.69, 9.17) is 4.42 Å². The monoisotopic (exact) mass is 495 g/mol. The van der Waals surface area contributed by atoms with E-state index in [9.17, 15) is 4.79 Å². The fourth-order valence-corrected chi connectivity index (χ4v) is 4.35. The van der Waals surface area contributed by atoms with Crippen LogP contribution >= 0.6 is 15.9 Å². The maximum Gasteiger partial charge on any atom is 0.263 e. The number of hydrogen-bond donors (Lipinski definition) is 0. The van der Waals surface area contributed by atoms with E-state index in [1.807, 2.05) is 97.9 Å². The molecule has 5 rings (SSSR count). The number of amides is 1. The van der Waals surface area contributed by atoms with E-state index in [0.717, 1.165) is 38.3 Å². The van der Waals surface area contributed by atoms with Gasteiger partial charge in [-0.2, -0.15) is 0 Å². The molecular formula is C29H22BrNO2. The molecule has 1 aromatic heterocycles. The second kappa shape index (κ2) is 8.72. The number of carbonyl (C=O) groups excluding carboxylic acids is 1. The average Bonchev–Trinajstić information content (AvgIpc) is 3.40. The molecule has 0 saturated heterocycles. The lowest BCUT2D eigenvalue weighted by atomic mass is 10.1. The van der Waals surface area contributed by atoms with Crippen LogP contribution in [-0.4, -0.2) is 5.91 Å². The Hall–Kier alpha value is -3.63. The summed E-state index contributed by atoms with van der Waals surface area (Å²) in [4.78, 5) is 15.4. The topological polar surface area (TPSA) is 33.5 Å². The predicted molar refractivity (Wildman–Crippen MR) is 138 cm³/mol. The van der Waals surface area contributed by atoms with Crippen LogP contribution in [0.4, 0.5) is 5.69 Å². The van der Waals surface area contributed by atoms with Gasteiger partial charge in [0.15, 0.2) is 0 Å². The number of nitrogens with zero attached hydrogens (tertiary/aromatic N) is 1. The van der Waals surface area contributed by atoms with Crippen LogP contribution in [0.2, 0.25) is 0 Å². The summed E-state index contributed by atoms with van der Waals surface area (Å²) in [6.45, 7) is 4.10. The normalized spacial score (nSPS) is 14.8. The molecule has 3 nitrogen and oxygen atoms in total. The zero-order chi connectivity index (χ0) is 22.9. The summed E-state index contributed by atoms with van der Waals surface area (Å²) in [5.74, 6) is 1.34. The third kappa shape index (κ3) is 4.22. The first-order chi connectivity index (χ1) is 16.0. The van der Waals surface area contributed by atoms with Crippen molar-refractivity contribution in [2.24, 2.45) is 0 Å². The fraction of sp³-hybridized carbons (Fsp3) is 0.0690. The number of aryl methyl sites for hydroxylation is 2. The van der Waals surface area contributed by atoms with Crippen molar-refractivity contribution < 1.29 is 9.21 Å². The summed E-state index contributed by atoms with van der Waals surface area (Å²) in [6.07, 6.45) is 3.76. The Morgan fingerprint density at radius 3 is 2.33 bits per heavy atom. The van der Waals surface area contributed by atoms with Gasteiger partial charge in [0, 0.05) is 15.6 Å². The third-order valence-corrected chi connectivity index (χ3v) is 6.23. The van der Waals surface area contributed by atoms with Gasteiger partial charge in [0.1, 0.15) is 11.5 Å². The summed E-state index contributed by atoms with van der Waals surface area (Å²) in [7, 11) is 0. The lowest BCUT2D eigenvalue weighted by molar-refractivity contribution is -0.113. The number of benzene rings is 3. The summed E-state index contributed by atoms with van der Waals surface area (Å²) in [6, 6.07) is 27.9. The highest BCUT2D eigenvalue weighted by atomic mass is 79.9. The number of furan rings is 1. The van der Waals surface area contributed by atoms with Gasteiger partial charge in [0.05, 0.1) is 11.4 Å². The largest absolute Gasteiger partial charge is 0.457 e. The Balaban J connectivity index is 1.56. The van der Waals surface area contributed by atoms with Crippen LogP contribution in [0.3, 0.4) is 0 Å². The average molecular weight is 496 g/mol. The van der Waals surface area contributed by atoms with E-state index in [-0.39, 0.29) is 5.91 Å². The minimum atomic E-state index is -0.0672. The van der Waals surface area contributed by atoms with Gasteiger partial charge in [0.2, 0.25) is 0 Å². The first-order valence-electron chi connectivity index (χ1n) is 10.8. The van der Waals surface area contributed by atoms with Crippen molar-refractivity contribution >= 4 is 39.3 Å². The molecule has 0 aliphatic carbocycles. The first kappa shape index (κ1) is 21.2. The second-order valence-corrected chi connectivity index (χ2v) is 9.05. The molecule has 0 unspecified atom stereocenters. The van der Waals surface area contributed by atoms with Crippen LogP contribution in [0, 0.1) is 13.8 Å². The maximum absolute atomic E-state index is 13.6. The quantitative estimate of drug-likeness (QED) is 0.270. The molecule has 2 heterocycles. The van der Waals surface area contributed by atoms with Gasteiger partial charge in [-0.1, -0.05) is 76.1 Å². The summed E-state index contributed by atoms with van der Waals surface area (Å²) >= 11 is 3.46. The Morgan fingerprint density at radius 1 is 0.848 bits per heavy atom. The van der Waals surface area contributed by atoms with Crippen molar-refractivity contribution in [3.8, 4) is 11.3 Å². The van der Waals surface area contributed by atoms with Gasteiger partial charge in [-0.3, -0.25) is 9.69 Å². The van der Waals surface area contributed by atoms with Gasteiger partial charge >= 0.3 is 0 Å². The molecule has 1 aliphatic heterocycles. The fourth-order valence-electron chi connectivity index (χ4n) is 4.09. The lowest BCUT2D eigenvalue weighted by Gasteiger charge is -2.23. The molecule has 1 aliphatic rings. The molecular weight excluding hydrogens is 474 g/mol. The van der Waals surface area contributed by atoms with Gasteiger partial charge in [0.25, 0.3) is 5.91 Å². The summed E-state index contributed by atoms with van der Waals surface area (Å²) in [5.41, 5.74) is 6.53. The van der Waals surface area contributed by atoms with E-state index in [2.05, 4.69) is 28.9 Å². The van der Waals surface area contributed by atoms with Crippen molar-refractivity contribution in [1.82, 2.24) is 0 Å². The number of hydrogen-bond acceptors (Lipinski definition) is 2. The van der Waals surface area contributed by atoms with Crippen molar-refractivity contribution in [2.45, 2.75) is 13.8 Å². The molecule has 33 heavy (non-hydrogen) atoms. The minimum absolute atomic E-state index is 0.0672. The lowest BCUT2D eigenvalue weighted by Crippen LogP contribution is -2.25. The maximum atomic E-state index is 13.6. The Bertz CT molecular complexity index is 1400. The van der Waals surface area contributed by atoms with E-state index in [1.54, 1.807) is 4.90 Å². The number of carbonyl (C=O) groups is 1. The zero-order valence-electron chi connectivity index (χ0n) is 18.4. The molecule has 162 valence electrons. The highest BCUT2D eigenvalue weighted by Crippen LogP contribution is 2.37. The molecule has 0 saturated carbocycles. The molecule has 0 fully saturated rings. The number of rotatable bonds is 4. The van der Waals surface area contributed by atoms with E-state index >= 15 is 0 Å². The van der Waals surface area contributed by atoms with E-state index in [0.29, 0.717) is 11.3 Å². The van der Waals surface area contributed by atoms with Crippen molar-refractivity contribution in [3.05, 3.63) is 124 Å². The Kier molecular flexibility index (Phi) is 5.61. The minimum Gasteiger partial charge on any atom is -0.457 e. The third-order valence-electron chi connectivity index (χ3n) is 5.70. The molecule has 1 amide bonds. The molecule has 0 atom stereocenters. The summed E-state index contributed by atoms with van der Waals surface area (Å²) in [5, 5.41) is 0. The molecule has 0 N–H and O–H groups in total. The highest BCUT2D eigenvalue weighted by Gasteiger charge is 2.31. The Labute approximate surface area is 201 Å². The van der Waals surface area contributed by atoms with Crippen LogP contribution in [0.25, 0.3) is 23.1 Å². The molecule has 0 bridgehead atoms. The van der Waals surface area contributed by atoms with Crippen molar-refractivity contribution in [1.29, 1.82) is 0 Å². The van der Waals surface area contributed by atoms with Gasteiger partial charge in [-0.25, -0.2) is 0 Å². The molecule has 4 aromatic rings.